The zero-order valence-electron chi connectivity index (χ0n) is 40.0. The van der Waals surface area contributed by atoms with Crippen LogP contribution < -0.4 is 19.6 Å². The number of carbonyl (C=O) groups excluding carboxylic acids is 4. The van der Waals surface area contributed by atoms with Crippen molar-refractivity contribution in [3.05, 3.63) is 201 Å². The smallest absolute Gasteiger partial charge is 0.263 e. The van der Waals surface area contributed by atoms with Gasteiger partial charge in [0.15, 0.2) is 0 Å². The predicted molar refractivity (Wildman–Crippen MR) is 273 cm³/mol. The Kier molecular flexibility index (Phi) is 12.7. The van der Waals surface area contributed by atoms with Crippen molar-refractivity contribution in [2.75, 3.05) is 75.0 Å². The summed E-state index contributed by atoms with van der Waals surface area (Å²) in [6, 6.07) is 41.5. The maximum absolute atomic E-state index is 13.4. The minimum absolute atomic E-state index is 0.271. The van der Waals surface area contributed by atoms with Crippen LogP contribution in [0.25, 0.3) is 5.57 Å². The molecule has 67 heavy (non-hydrogen) atoms. The molecule has 2 aliphatic rings. The Labute approximate surface area is 394 Å². The van der Waals surface area contributed by atoms with Crippen LogP contribution in [0.3, 0.4) is 0 Å². The summed E-state index contributed by atoms with van der Waals surface area (Å²) in [6.07, 6.45) is 6.41. The molecule has 0 atom stereocenters. The minimum atomic E-state index is -0.287. The van der Waals surface area contributed by atoms with E-state index in [1.54, 1.807) is 0 Å². The molecule has 0 N–H and O–H groups in total. The number of rotatable bonds is 14. The van der Waals surface area contributed by atoms with E-state index in [4.69, 9.17) is 0 Å². The van der Waals surface area contributed by atoms with E-state index in [2.05, 4.69) is 135 Å². The third-order valence-electron chi connectivity index (χ3n) is 13.0. The summed E-state index contributed by atoms with van der Waals surface area (Å²) in [5.41, 5.74) is 14.0. The molecule has 0 aliphatic carbocycles. The number of carbonyl (C=O) groups is 4. The third-order valence-corrected chi connectivity index (χ3v) is 13.0. The van der Waals surface area contributed by atoms with E-state index in [0.29, 0.717) is 46.7 Å². The number of amides is 4. The van der Waals surface area contributed by atoms with Gasteiger partial charge in [0.1, 0.15) is 0 Å². The van der Waals surface area contributed by atoms with Gasteiger partial charge in [0.05, 0.1) is 56.4 Å². The minimum Gasteiger partial charge on any atom is -0.378 e. The average molecular weight is 890 g/mol. The van der Waals surface area contributed by atoms with Crippen LogP contribution >= 0.6 is 0 Å². The molecule has 6 aromatic carbocycles. The molecule has 4 amide bonds. The van der Waals surface area contributed by atoms with E-state index in [9.17, 15) is 19.2 Å². The number of fused-ring (bicyclic) bond motifs is 2. The monoisotopic (exact) mass is 889 g/mol. The summed E-state index contributed by atoms with van der Waals surface area (Å²) in [7, 11) is 11.2. The molecule has 2 aliphatic heterocycles. The van der Waals surface area contributed by atoms with Crippen LogP contribution in [-0.2, 0) is 0 Å². The lowest BCUT2D eigenvalue weighted by molar-refractivity contribution is 0.0677. The average Bonchev–Trinajstić information content (AvgIpc) is 3.71. The van der Waals surface area contributed by atoms with E-state index in [1.807, 2.05) is 80.2 Å². The fourth-order valence-corrected chi connectivity index (χ4v) is 9.14. The molecule has 0 saturated carbocycles. The van der Waals surface area contributed by atoms with Crippen LogP contribution in [0.15, 0.2) is 140 Å². The van der Waals surface area contributed by atoms with Crippen molar-refractivity contribution in [3.63, 3.8) is 0 Å². The summed E-state index contributed by atoms with van der Waals surface area (Å²) in [6.45, 7) is 9.02. The number of allylic oxidation sites excluding steroid dienone is 3. The van der Waals surface area contributed by atoms with E-state index < -0.39 is 0 Å². The SMILES string of the molecule is CCN(c1ccc(C(=CC=C[C+](c2ccc(N(C)C)cc2)c2ccc(N(CC)c3ccc(C)c4c3C(=O)N(C)C4=O)cc2)c2ccc(N(C)C)cc2)cc1)c1ccc(C)c2c1C(=O)N(C)C2=O. The Morgan fingerprint density at radius 1 is 0.478 bits per heavy atom. The highest BCUT2D eigenvalue weighted by atomic mass is 16.2. The second kappa shape index (κ2) is 18.6. The van der Waals surface area contributed by atoms with Gasteiger partial charge in [-0.15, -0.1) is 0 Å². The van der Waals surface area contributed by atoms with Crippen molar-refractivity contribution in [1.29, 1.82) is 0 Å². The van der Waals surface area contributed by atoms with Crippen LogP contribution in [0, 0.1) is 19.8 Å². The van der Waals surface area contributed by atoms with E-state index in [-0.39, 0.29) is 23.6 Å². The Bertz CT molecular complexity index is 2950. The van der Waals surface area contributed by atoms with Crippen molar-refractivity contribution in [3.8, 4) is 0 Å². The van der Waals surface area contributed by atoms with Gasteiger partial charge in [0.2, 0.25) is 0 Å². The largest absolute Gasteiger partial charge is 0.378 e. The first-order valence-corrected chi connectivity index (χ1v) is 22.6. The number of aryl methyl sites for hydroxylation is 2. The van der Waals surface area contributed by atoms with Crippen molar-refractivity contribution < 1.29 is 19.2 Å². The first kappa shape index (κ1) is 45.7. The summed E-state index contributed by atoms with van der Waals surface area (Å²) in [4.78, 5) is 63.7. The Morgan fingerprint density at radius 3 is 1.19 bits per heavy atom. The molecule has 6 aromatic rings. The molecule has 2 heterocycles. The normalized spacial score (nSPS) is 13.4. The number of imide groups is 2. The molecular formula is C57H57N6O4+. The lowest BCUT2D eigenvalue weighted by Gasteiger charge is -2.26. The lowest BCUT2D eigenvalue weighted by Crippen LogP contribution is -2.25. The van der Waals surface area contributed by atoms with Crippen molar-refractivity contribution in [1.82, 2.24) is 9.80 Å². The molecule has 10 heteroatoms. The van der Waals surface area contributed by atoms with E-state index in [1.165, 1.54) is 23.9 Å². The van der Waals surface area contributed by atoms with E-state index >= 15 is 0 Å². The Morgan fingerprint density at radius 2 is 0.821 bits per heavy atom. The van der Waals surface area contributed by atoms with Crippen LogP contribution in [0.1, 0.15) is 88.7 Å². The second-order valence-corrected chi connectivity index (χ2v) is 17.5. The highest BCUT2D eigenvalue weighted by Crippen LogP contribution is 2.40. The Hall–Kier alpha value is -7.85. The van der Waals surface area contributed by atoms with Crippen LogP contribution in [-0.4, -0.2) is 88.8 Å². The quantitative estimate of drug-likeness (QED) is 0.0607. The molecular weight excluding hydrogens is 833 g/mol. The Balaban J connectivity index is 1.17. The van der Waals surface area contributed by atoms with Gasteiger partial charge in [-0.3, -0.25) is 29.0 Å². The molecule has 0 unspecified atom stereocenters. The molecule has 0 spiro atoms. The summed E-state index contributed by atoms with van der Waals surface area (Å²) >= 11 is 0. The third kappa shape index (κ3) is 8.35. The van der Waals surface area contributed by atoms with Gasteiger partial charge < -0.3 is 19.6 Å². The molecule has 0 radical (unpaired) electrons. The van der Waals surface area contributed by atoms with Crippen molar-refractivity contribution >= 4 is 63.3 Å². The number of anilines is 6. The zero-order valence-corrected chi connectivity index (χ0v) is 40.0. The summed E-state index contributed by atoms with van der Waals surface area (Å²) in [5.74, 6) is -0.0916. The molecule has 0 bridgehead atoms. The van der Waals surface area contributed by atoms with Crippen LogP contribution in [0.4, 0.5) is 34.1 Å². The number of benzene rings is 6. The number of hydrogen-bond donors (Lipinski definition) is 0. The summed E-state index contributed by atoms with van der Waals surface area (Å²) in [5, 5.41) is 0. The van der Waals surface area contributed by atoms with Crippen LogP contribution in [0.5, 0.6) is 0 Å². The molecule has 338 valence electrons. The van der Waals surface area contributed by atoms with Gasteiger partial charge in [-0.1, -0.05) is 36.4 Å². The maximum atomic E-state index is 13.4. The molecule has 10 nitrogen and oxygen atoms in total. The topological polar surface area (TPSA) is 87.7 Å². The fourth-order valence-electron chi connectivity index (χ4n) is 9.14. The fraction of sp³-hybridized carbons (Fsp3) is 0.211. The highest BCUT2D eigenvalue weighted by molar-refractivity contribution is 6.25. The first-order chi connectivity index (χ1) is 32.1. The molecule has 0 saturated heterocycles. The van der Waals surface area contributed by atoms with Gasteiger partial charge in [-0.25, -0.2) is 0 Å². The summed E-state index contributed by atoms with van der Waals surface area (Å²) < 4.78 is 0. The standard InChI is InChI=1S/C57H57N6O4/c1-11-62(48-34-16-36(3)50-52(48)56(66)60(9)54(50)64)44-30-22-40(23-31-44)46(38-18-26-42(27-19-38)58(5)6)14-13-15-47(39-20-28-43(29-21-39)59(7)8)41-24-32-45(33-25-41)63(12-2)49-35-17-37(4)51-53(49)57(67)61(10)55(51)65/h13-35H,11-12H2,1-10H3/q+1. The predicted octanol–water partition coefficient (Wildman–Crippen LogP) is 10.9. The molecule has 8 rings (SSSR count). The number of nitrogens with zero attached hydrogens (tertiary/aromatic N) is 6. The zero-order chi connectivity index (χ0) is 47.8. The van der Waals surface area contributed by atoms with Crippen LogP contribution in [0.2, 0.25) is 0 Å². The molecule has 0 fully saturated rings. The van der Waals surface area contributed by atoms with E-state index in [0.717, 1.165) is 67.6 Å². The lowest BCUT2D eigenvalue weighted by atomic mass is 9.90. The van der Waals surface area contributed by atoms with Gasteiger partial charge in [0.25, 0.3) is 23.6 Å². The van der Waals surface area contributed by atoms with Gasteiger partial charge in [0, 0.05) is 78.5 Å². The van der Waals surface area contributed by atoms with Gasteiger partial charge in [-0.05, 0) is 153 Å². The number of hydrogen-bond acceptors (Lipinski definition) is 8. The molecule has 0 aromatic heterocycles. The highest BCUT2D eigenvalue weighted by Gasteiger charge is 2.39. The van der Waals surface area contributed by atoms with Gasteiger partial charge in [-0.2, -0.15) is 0 Å². The first-order valence-electron chi connectivity index (χ1n) is 22.6. The maximum Gasteiger partial charge on any atom is 0.263 e. The van der Waals surface area contributed by atoms with Gasteiger partial charge >= 0.3 is 0 Å². The second-order valence-electron chi connectivity index (χ2n) is 17.5. The van der Waals surface area contributed by atoms with Crippen molar-refractivity contribution in [2.45, 2.75) is 27.7 Å². The van der Waals surface area contributed by atoms with Crippen molar-refractivity contribution in [2.24, 2.45) is 0 Å².